The molecule has 334 valence electrons. The second-order valence-corrected chi connectivity index (χ2v) is 18.5. The molecule has 0 aromatic heterocycles. The van der Waals surface area contributed by atoms with Gasteiger partial charge >= 0.3 is 7.25 Å². The Morgan fingerprint density at radius 2 is 1.17 bits per heavy atom. The third-order valence-electron chi connectivity index (χ3n) is 13.4. The lowest BCUT2D eigenvalue weighted by molar-refractivity contribution is -0.438. The van der Waals surface area contributed by atoms with Gasteiger partial charge < -0.3 is 27.1 Å². The SMILES string of the molecule is CCCCN1/C(=C/C=C2\CCC(/C=C/C3=[N+](CCCC)c4ccc5ccccc5c4C3(C)C)=C2N(c2ccccc2)c2ccccc2)C(C)(C)c2c1ccc1ccccc21.F[B-](F)(F)F. The highest BCUT2D eigenvalue weighted by Crippen LogP contribution is 2.52. The van der Waals surface area contributed by atoms with Crippen molar-refractivity contribution in [2.24, 2.45) is 0 Å². The molecule has 6 aromatic rings. The van der Waals surface area contributed by atoms with Gasteiger partial charge in [-0.2, -0.15) is 4.58 Å². The zero-order valence-electron chi connectivity index (χ0n) is 38.6. The predicted molar refractivity (Wildman–Crippen MR) is 268 cm³/mol. The van der Waals surface area contributed by atoms with E-state index in [0.717, 1.165) is 51.6 Å². The van der Waals surface area contributed by atoms with E-state index < -0.39 is 7.25 Å². The molecule has 0 amide bonds. The summed E-state index contributed by atoms with van der Waals surface area (Å²) in [5, 5.41) is 5.35. The first-order valence-corrected chi connectivity index (χ1v) is 23.3. The molecule has 0 atom stereocenters. The summed E-state index contributed by atoms with van der Waals surface area (Å²) < 4.78 is 41.6. The lowest BCUT2D eigenvalue weighted by Crippen LogP contribution is -2.28. The second-order valence-electron chi connectivity index (χ2n) is 18.5. The lowest BCUT2D eigenvalue weighted by atomic mass is 9.79. The van der Waals surface area contributed by atoms with E-state index >= 15 is 0 Å². The van der Waals surface area contributed by atoms with E-state index in [1.807, 2.05) is 0 Å². The Balaban J connectivity index is 0.00000109. The van der Waals surface area contributed by atoms with Gasteiger partial charge in [-0.15, -0.1) is 0 Å². The number of halogens is 4. The molecule has 2 aliphatic heterocycles. The number of nitrogens with zero attached hydrogens (tertiary/aromatic N) is 3. The molecule has 0 N–H and O–H groups in total. The topological polar surface area (TPSA) is 9.49 Å². The third kappa shape index (κ3) is 9.10. The first-order chi connectivity index (χ1) is 31.2. The van der Waals surface area contributed by atoms with Crippen LogP contribution in [0.2, 0.25) is 0 Å². The Bertz CT molecular complexity index is 2810. The van der Waals surface area contributed by atoms with Gasteiger partial charge in [-0.05, 0) is 114 Å². The number of unbranched alkanes of at least 4 members (excludes halogenated alkanes) is 2. The fourth-order valence-electron chi connectivity index (χ4n) is 10.4. The van der Waals surface area contributed by atoms with Gasteiger partial charge in [-0.3, -0.25) is 0 Å². The standard InChI is InChI=1S/C57H60N3.BF4/c1-7-9-39-58-49-35-31-41-21-17-19-27-47(41)53(49)56(3,4)51(58)37-33-43-29-30-44(55(43)60(45-23-13-11-14-24-45)46-25-15-12-16-26-46)34-38-52-57(5,6)54-48-28-20-18-22-42(48)32-36-50(54)59(52)40-10-8-2;2-1(3,4)5/h11-28,31-38H,7-10,29-30,39-40H2,1-6H3;/q+1;-1. The van der Waals surface area contributed by atoms with Crippen LogP contribution in [0.15, 0.2) is 180 Å². The van der Waals surface area contributed by atoms with Crippen molar-refractivity contribution in [1.82, 2.24) is 0 Å². The molecule has 6 aromatic carbocycles. The van der Waals surface area contributed by atoms with Gasteiger partial charge in [0.25, 0.3) is 0 Å². The van der Waals surface area contributed by atoms with Crippen LogP contribution in [0.1, 0.15) is 91.2 Å². The molecule has 0 saturated carbocycles. The van der Waals surface area contributed by atoms with Crippen molar-refractivity contribution in [3.05, 3.63) is 191 Å². The number of benzene rings is 6. The molecule has 3 aliphatic rings. The van der Waals surface area contributed by atoms with Crippen molar-refractivity contribution in [3.63, 3.8) is 0 Å². The number of hydrogen-bond donors (Lipinski definition) is 0. The highest BCUT2D eigenvalue weighted by molar-refractivity contribution is 6.50. The molecule has 65 heavy (non-hydrogen) atoms. The summed E-state index contributed by atoms with van der Waals surface area (Å²) in [5.41, 5.74) is 14.4. The molecule has 9 rings (SSSR count). The maximum Gasteiger partial charge on any atom is 0.673 e. The zero-order chi connectivity index (χ0) is 45.9. The summed E-state index contributed by atoms with van der Waals surface area (Å²) in [4.78, 5) is 5.13. The van der Waals surface area contributed by atoms with Crippen LogP contribution in [-0.4, -0.2) is 30.6 Å². The van der Waals surface area contributed by atoms with Gasteiger partial charge in [0.2, 0.25) is 5.69 Å². The minimum Gasteiger partial charge on any atom is -0.418 e. The molecule has 0 radical (unpaired) electrons. The Morgan fingerprint density at radius 1 is 0.615 bits per heavy atom. The van der Waals surface area contributed by atoms with E-state index in [1.165, 1.54) is 83.7 Å². The number of allylic oxidation sites excluding steroid dienone is 7. The van der Waals surface area contributed by atoms with Crippen molar-refractivity contribution in [3.8, 4) is 0 Å². The van der Waals surface area contributed by atoms with E-state index in [1.54, 1.807) is 0 Å². The first kappa shape index (κ1) is 45.4. The van der Waals surface area contributed by atoms with Gasteiger partial charge in [-0.25, -0.2) is 0 Å². The Morgan fingerprint density at radius 3 is 1.77 bits per heavy atom. The lowest BCUT2D eigenvalue weighted by Gasteiger charge is -2.29. The third-order valence-corrected chi connectivity index (χ3v) is 13.4. The highest BCUT2D eigenvalue weighted by Gasteiger charge is 2.46. The maximum absolute atomic E-state index is 9.75. The van der Waals surface area contributed by atoms with Gasteiger partial charge in [0, 0.05) is 58.8 Å². The molecule has 2 heterocycles. The van der Waals surface area contributed by atoms with Crippen LogP contribution in [0.25, 0.3) is 21.5 Å². The Kier molecular flexibility index (Phi) is 13.1. The molecule has 1 aliphatic carbocycles. The van der Waals surface area contributed by atoms with Crippen LogP contribution in [-0.2, 0) is 10.8 Å². The molecule has 0 bridgehead atoms. The average molecular weight is 874 g/mol. The first-order valence-electron chi connectivity index (χ1n) is 23.3. The summed E-state index contributed by atoms with van der Waals surface area (Å²) >= 11 is 0. The molecule has 0 spiro atoms. The normalized spacial score (nSPS) is 17.7. The molecule has 3 nitrogen and oxygen atoms in total. The minimum atomic E-state index is -6.00. The summed E-state index contributed by atoms with van der Waals surface area (Å²) in [7, 11) is -6.00. The van der Waals surface area contributed by atoms with Gasteiger partial charge in [0.1, 0.15) is 6.54 Å². The molecule has 8 heteroatoms. The monoisotopic (exact) mass is 873 g/mol. The van der Waals surface area contributed by atoms with Crippen LogP contribution in [0.5, 0.6) is 0 Å². The number of para-hydroxylation sites is 2. The van der Waals surface area contributed by atoms with Crippen molar-refractivity contribution < 1.29 is 21.8 Å². The molecule has 0 unspecified atom stereocenters. The van der Waals surface area contributed by atoms with Crippen LogP contribution in [0, 0.1) is 0 Å². The fourth-order valence-corrected chi connectivity index (χ4v) is 10.4. The molecule has 0 saturated heterocycles. The van der Waals surface area contributed by atoms with Crippen molar-refractivity contribution in [2.45, 2.75) is 90.9 Å². The van der Waals surface area contributed by atoms with E-state index in [4.69, 9.17) is 0 Å². The molecular formula is C57H60BF4N3. The average Bonchev–Trinajstić information content (AvgIpc) is 3.86. The van der Waals surface area contributed by atoms with Crippen molar-refractivity contribution in [2.75, 3.05) is 22.9 Å². The molecular weight excluding hydrogens is 813 g/mol. The summed E-state index contributed by atoms with van der Waals surface area (Å²) in [6.07, 6.45) is 16.5. The largest absolute Gasteiger partial charge is 0.673 e. The summed E-state index contributed by atoms with van der Waals surface area (Å²) in [5.74, 6) is 0. The number of anilines is 3. The van der Waals surface area contributed by atoms with Crippen LogP contribution in [0.3, 0.4) is 0 Å². The second kappa shape index (κ2) is 18.8. The summed E-state index contributed by atoms with van der Waals surface area (Å²) in [6, 6.07) is 49.2. The van der Waals surface area contributed by atoms with E-state index in [2.05, 4.69) is 214 Å². The van der Waals surface area contributed by atoms with Gasteiger partial charge in [0.05, 0.1) is 11.1 Å². The predicted octanol–water partition coefficient (Wildman–Crippen LogP) is 16.3. The van der Waals surface area contributed by atoms with Crippen LogP contribution in [0.4, 0.5) is 40.0 Å². The number of rotatable bonds is 12. The minimum absolute atomic E-state index is 0.156. The van der Waals surface area contributed by atoms with Crippen LogP contribution < -0.4 is 9.80 Å². The Labute approximate surface area is 382 Å². The highest BCUT2D eigenvalue weighted by atomic mass is 19.5. The van der Waals surface area contributed by atoms with Crippen LogP contribution >= 0.6 is 0 Å². The van der Waals surface area contributed by atoms with E-state index in [0.29, 0.717) is 0 Å². The zero-order valence-corrected chi connectivity index (χ0v) is 38.6. The number of fused-ring (bicyclic) bond motifs is 6. The van der Waals surface area contributed by atoms with Crippen molar-refractivity contribution in [1.29, 1.82) is 0 Å². The van der Waals surface area contributed by atoms with Gasteiger partial charge in [-0.1, -0.05) is 144 Å². The summed E-state index contributed by atoms with van der Waals surface area (Å²) in [6.45, 7) is 16.3. The van der Waals surface area contributed by atoms with E-state index in [-0.39, 0.29) is 10.8 Å². The molecule has 0 fully saturated rings. The quantitative estimate of drug-likeness (QED) is 0.0688. The van der Waals surface area contributed by atoms with E-state index in [9.17, 15) is 17.3 Å². The van der Waals surface area contributed by atoms with Gasteiger partial charge in [0.15, 0.2) is 5.71 Å². The Hall–Kier alpha value is -6.15. The van der Waals surface area contributed by atoms with Crippen molar-refractivity contribution >= 4 is 57.3 Å². The fraction of sp³-hybridized carbons (Fsp3) is 0.281. The number of hydrogen-bond acceptors (Lipinski definition) is 2. The smallest absolute Gasteiger partial charge is 0.418 e. The maximum atomic E-state index is 9.75.